The van der Waals surface area contributed by atoms with E-state index in [1.807, 2.05) is 11.4 Å². The molecule has 0 spiro atoms. The number of halogens is 3. The van der Waals surface area contributed by atoms with Crippen LogP contribution in [-0.4, -0.2) is 40.5 Å². The maximum absolute atomic E-state index is 13.4. The Labute approximate surface area is 199 Å². The van der Waals surface area contributed by atoms with Gasteiger partial charge >= 0.3 is 0 Å². The minimum Gasteiger partial charge on any atom is -0.341 e. The summed E-state index contributed by atoms with van der Waals surface area (Å²) in [4.78, 5) is 30.3. The van der Waals surface area contributed by atoms with Gasteiger partial charge < -0.3 is 4.90 Å². The van der Waals surface area contributed by atoms with E-state index >= 15 is 0 Å². The first-order valence-electron chi connectivity index (χ1n) is 9.59. The summed E-state index contributed by atoms with van der Waals surface area (Å²) in [5.74, 6) is 0.155. The molecule has 1 aromatic carbocycles. The molecule has 0 saturated carbocycles. The lowest BCUT2D eigenvalue weighted by atomic mass is 10.2. The van der Waals surface area contributed by atoms with Crippen LogP contribution in [0.4, 0.5) is 11.1 Å². The number of rotatable bonds is 6. The highest BCUT2D eigenvalue weighted by atomic mass is 35.5. The van der Waals surface area contributed by atoms with Crippen molar-refractivity contribution < 1.29 is 4.79 Å². The van der Waals surface area contributed by atoms with Gasteiger partial charge in [-0.25, -0.2) is 15.0 Å². The average Bonchev–Trinajstić information content (AvgIpc) is 3.46. The summed E-state index contributed by atoms with van der Waals surface area (Å²) in [6.45, 7) is 5.76. The molecule has 3 heterocycles. The molecule has 6 nitrogen and oxygen atoms in total. The first-order chi connectivity index (χ1) is 15.0. The summed E-state index contributed by atoms with van der Waals surface area (Å²) in [5.41, 5.74) is 1.64. The number of benzene rings is 1. The van der Waals surface area contributed by atoms with Crippen LogP contribution in [0.25, 0.3) is 11.3 Å². The van der Waals surface area contributed by atoms with Gasteiger partial charge in [-0.2, -0.15) is 0 Å². The zero-order chi connectivity index (χ0) is 22.0. The number of hydrogen-bond acceptors (Lipinski definition) is 6. The Morgan fingerprint density at radius 2 is 1.94 bits per heavy atom. The summed E-state index contributed by atoms with van der Waals surface area (Å²) in [6, 6.07) is 5.29. The second kappa shape index (κ2) is 9.53. The fraction of sp³-hybridized carbons (Fsp3) is 0.238. The van der Waals surface area contributed by atoms with Crippen LogP contribution in [0.15, 0.2) is 42.4 Å². The zero-order valence-electron chi connectivity index (χ0n) is 16.4. The number of carbonyl (C=O) groups is 1. The molecule has 1 saturated heterocycles. The highest BCUT2D eigenvalue weighted by Gasteiger charge is 2.26. The van der Waals surface area contributed by atoms with Crippen LogP contribution in [0, 0.1) is 0 Å². The maximum Gasteiger partial charge on any atom is 0.280 e. The van der Waals surface area contributed by atoms with E-state index in [0.29, 0.717) is 26.8 Å². The fourth-order valence-electron chi connectivity index (χ4n) is 3.26. The Bertz CT molecular complexity index is 1130. The minimum absolute atomic E-state index is 0.145. The predicted molar refractivity (Wildman–Crippen MR) is 128 cm³/mol. The molecule has 1 aliphatic rings. The van der Waals surface area contributed by atoms with E-state index in [-0.39, 0.29) is 23.2 Å². The average molecular weight is 495 g/mol. The summed E-state index contributed by atoms with van der Waals surface area (Å²) >= 11 is 19.8. The van der Waals surface area contributed by atoms with Crippen molar-refractivity contribution in [2.24, 2.45) is 0 Å². The highest BCUT2D eigenvalue weighted by molar-refractivity contribution is 7.14. The second-order valence-corrected chi connectivity index (χ2v) is 8.97. The SMILES string of the molecule is C=CCN(C(=O)c1nc(N2CCCC2)ncc1Cl)c1nc(-c2ccc(Cl)c(Cl)c2)cs1. The molecular formula is C21H18Cl3N5OS. The summed E-state index contributed by atoms with van der Waals surface area (Å²) in [7, 11) is 0. The highest BCUT2D eigenvalue weighted by Crippen LogP contribution is 2.32. The van der Waals surface area contributed by atoms with E-state index in [0.717, 1.165) is 31.5 Å². The molecule has 1 fully saturated rings. The summed E-state index contributed by atoms with van der Waals surface area (Å²) in [5, 5.41) is 3.47. The lowest BCUT2D eigenvalue weighted by Gasteiger charge is -2.20. The zero-order valence-corrected chi connectivity index (χ0v) is 19.5. The number of aromatic nitrogens is 3. The van der Waals surface area contributed by atoms with Crippen molar-refractivity contribution >= 4 is 63.1 Å². The smallest absolute Gasteiger partial charge is 0.280 e. The van der Waals surface area contributed by atoms with Gasteiger partial charge in [-0.05, 0) is 25.0 Å². The number of carbonyl (C=O) groups excluding carboxylic acids is 1. The van der Waals surface area contributed by atoms with Gasteiger partial charge in [-0.1, -0.05) is 46.9 Å². The minimum atomic E-state index is -0.359. The topological polar surface area (TPSA) is 62.2 Å². The molecular weight excluding hydrogens is 477 g/mol. The Kier molecular flexibility index (Phi) is 6.77. The van der Waals surface area contributed by atoms with Crippen molar-refractivity contribution in [1.82, 2.24) is 15.0 Å². The molecule has 1 aliphatic heterocycles. The molecule has 1 amide bonds. The third-order valence-electron chi connectivity index (χ3n) is 4.82. The third kappa shape index (κ3) is 4.70. The standard InChI is InChI=1S/C21H18Cl3N5OS/c1-2-7-29(21-26-17(12-31-21)13-5-6-14(22)15(23)10-13)19(30)18-16(24)11-25-20(27-18)28-8-3-4-9-28/h2,5-6,10-12H,1,3-4,7-9H2. The molecule has 0 aliphatic carbocycles. The van der Waals surface area contributed by atoms with E-state index in [9.17, 15) is 4.79 Å². The van der Waals surface area contributed by atoms with Gasteiger partial charge in [-0.3, -0.25) is 9.69 Å². The fourth-order valence-corrected chi connectivity index (χ4v) is 4.57. The molecule has 31 heavy (non-hydrogen) atoms. The second-order valence-electron chi connectivity index (χ2n) is 6.91. The van der Waals surface area contributed by atoms with Gasteiger partial charge in [0, 0.05) is 30.6 Å². The van der Waals surface area contributed by atoms with Gasteiger partial charge in [-0.15, -0.1) is 17.9 Å². The van der Waals surface area contributed by atoms with Gasteiger partial charge in [0.15, 0.2) is 10.8 Å². The Morgan fingerprint density at radius 3 is 2.65 bits per heavy atom. The first kappa shape index (κ1) is 22.0. The predicted octanol–water partition coefficient (Wildman–Crippen LogP) is 5.99. The largest absolute Gasteiger partial charge is 0.341 e. The molecule has 3 aromatic rings. The third-order valence-corrected chi connectivity index (χ3v) is 6.70. The van der Waals surface area contributed by atoms with Crippen LogP contribution in [-0.2, 0) is 0 Å². The number of hydrogen-bond donors (Lipinski definition) is 0. The van der Waals surface area contributed by atoms with Crippen LogP contribution in [0.5, 0.6) is 0 Å². The molecule has 0 bridgehead atoms. The van der Waals surface area contributed by atoms with Crippen molar-refractivity contribution in [3.8, 4) is 11.3 Å². The number of thiazole rings is 1. The van der Waals surface area contributed by atoms with Crippen LogP contribution < -0.4 is 9.80 Å². The molecule has 0 N–H and O–H groups in total. The quantitative estimate of drug-likeness (QED) is 0.394. The van der Waals surface area contributed by atoms with Crippen molar-refractivity contribution in [3.63, 3.8) is 0 Å². The number of amides is 1. The lowest BCUT2D eigenvalue weighted by molar-refractivity contribution is 0.0985. The van der Waals surface area contributed by atoms with Gasteiger partial charge in [0.05, 0.1) is 27.0 Å². The van der Waals surface area contributed by atoms with E-state index in [2.05, 4.69) is 26.4 Å². The van der Waals surface area contributed by atoms with Gasteiger partial charge in [0.25, 0.3) is 5.91 Å². The van der Waals surface area contributed by atoms with Crippen LogP contribution in [0.1, 0.15) is 23.3 Å². The number of nitrogens with zero attached hydrogens (tertiary/aromatic N) is 5. The first-order valence-corrected chi connectivity index (χ1v) is 11.6. The molecule has 10 heteroatoms. The van der Waals surface area contributed by atoms with E-state index in [1.165, 1.54) is 22.4 Å². The van der Waals surface area contributed by atoms with Crippen LogP contribution in [0.3, 0.4) is 0 Å². The van der Waals surface area contributed by atoms with Crippen molar-refractivity contribution in [2.75, 3.05) is 29.4 Å². The van der Waals surface area contributed by atoms with Crippen molar-refractivity contribution in [2.45, 2.75) is 12.8 Å². The number of anilines is 2. The maximum atomic E-state index is 13.4. The normalized spacial score (nSPS) is 13.5. The van der Waals surface area contributed by atoms with E-state index < -0.39 is 0 Å². The molecule has 4 rings (SSSR count). The van der Waals surface area contributed by atoms with Crippen molar-refractivity contribution in [1.29, 1.82) is 0 Å². The summed E-state index contributed by atoms with van der Waals surface area (Å²) in [6.07, 6.45) is 5.27. The molecule has 0 radical (unpaired) electrons. The van der Waals surface area contributed by atoms with Gasteiger partial charge in [0.2, 0.25) is 5.95 Å². The van der Waals surface area contributed by atoms with E-state index in [4.69, 9.17) is 34.8 Å². The molecule has 0 atom stereocenters. The Hall–Kier alpha value is -2.19. The Morgan fingerprint density at radius 1 is 1.16 bits per heavy atom. The van der Waals surface area contributed by atoms with Crippen molar-refractivity contribution in [3.05, 3.63) is 63.2 Å². The monoisotopic (exact) mass is 493 g/mol. The van der Waals surface area contributed by atoms with E-state index in [1.54, 1.807) is 18.2 Å². The molecule has 0 unspecified atom stereocenters. The van der Waals surface area contributed by atoms with Crippen LogP contribution in [0.2, 0.25) is 15.1 Å². The molecule has 2 aromatic heterocycles. The Balaban J connectivity index is 1.65. The summed E-state index contributed by atoms with van der Waals surface area (Å²) < 4.78 is 0. The molecule has 160 valence electrons. The van der Waals surface area contributed by atoms with Crippen LogP contribution >= 0.6 is 46.1 Å². The van der Waals surface area contributed by atoms with Gasteiger partial charge in [0.1, 0.15) is 0 Å². The lowest BCUT2D eigenvalue weighted by Crippen LogP contribution is -2.32.